The first-order chi connectivity index (χ1) is 16.2. The van der Waals surface area contributed by atoms with Gasteiger partial charge in [0.1, 0.15) is 0 Å². The predicted octanol–water partition coefficient (Wildman–Crippen LogP) is 4.89. The number of benzene rings is 3. The molecule has 0 unspecified atom stereocenters. The quantitative estimate of drug-likeness (QED) is 0.193. The molecule has 0 aliphatic carbocycles. The van der Waals surface area contributed by atoms with Crippen molar-refractivity contribution in [2.75, 3.05) is 19.0 Å². The number of halogens is 1. The van der Waals surface area contributed by atoms with Crippen LogP contribution in [0.15, 0.2) is 66.2 Å². The minimum absolute atomic E-state index is 0. The standard InChI is InChI=1S/C30H34N2S.HI/c1-4-5-6-7-8-12-23-13-11-16-28(30-31-21-22-33-30)26(23)19-17-24-18-20-29(32(2)3)27-15-10-9-14-25(24)27;/h9-11,13-22H,4-8,12H2,1-3H3;1H/q+1;/p-1/b19-17+;. The van der Waals surface area contributed by atoms with Crippen LogP contribution in [-0.4, -0.2) is 19.1 Å². The van der Waals surface area contributed by atoms with Crippen molar-refractivity contribution in [2.45, 2.75) is 45.4 Å². The van der Waals surface area contributed by atoms with Crippen LogP contribution in [0.1, 0.15) is 61.3 Å². The lowest BCUT2D eigenvalue weighted by molar-refractivity contribution is -0.00000654. The number of fused-ring (bicyclic) bond motifs is 1. The summed E-state index contributed by atoms with van der Waals surface area (Å²) in [5.41, 5.74) is 6.47. The largest absolute Gasteiger partial charge is 1.00 e. The lowest BCUT2D eigenvalue weighted by Crippen LogP contribution is -3.00. The fourth-order valence-corrected chi connectivity index (χ4v) is 5.18. The van der Waals surface area contributed by atoms with Gasteiger partial charge in [0.15, 0.2) is 0 Å². The maximum Gasteiger partial charge on any atom is 0.323 e. The lowest BCUT2D eigenvalue weighted by Gasteiger charge is -2.16. The molecule has 0 N–H and O–H groups in total. The molecule has 3 aromatic carbocycles. The zero-order chi connectivity index (χ0) is 23.0. The van der Waals surface area contributed by atoms with Crippen LogP contribution >= 0.6 is 11.8 Å². The molecule has 0 bridgehead atoms. The van der Waals surface area contributed by atoms with Crippen molar-refractivity contribution in [3.05, 3.63) is 88.5 Å². The van der Waals surface area contributed by atoms with Gasteiger partial charge in [-0.2, -0.15) is 0 Å². The van der Waals surface area contributed by atoms with Crippen LogP contribution in [0.2, 0.25) is 0 Å². The highest BCUT2D eigenvalue weighted by molar-refractivity contribution is 8.17. The number of hydrogen-bond donors (Lipinski definition) is 0. The molecule has 0 fully saturated rings. The van der Waals surface area contributed by atoms with Crippen molar-refractivity contribution in [3.63, 3.8) is 0 Å². The minimum atomic E-state index is 0. The number of rotatable bonds is 10. The Kier molecular flexibility index (Phi) is 10.3. The van der Waals surface area contributed by atoms with E-state index in [1.54, 1.807) is 11.8 Å². The summed E-state index contributed by atoms with van der Waals surface area (Å²) in [6.07, 6.45) is 14.1. The van der Waals surface area contributed by atoms with Gasteiger partial charge in [0.05, 0.1) is 16.0 Å². The van der Waals surface area contributed by atoms with E-state index in [2.05, 4.69) is 103 Å². The Balaban J connectivity index is 0.00000324. The number of aryl methyl sites for hydroxylation is 1. The summed E-state index contributed by atoms with van der Waals surface area (Å²) in [5.74, 6) is 0. The van der Waals surface area contributed by atoms with Gasteiger partial charge in [0, 0.05) is 25.2 Å². The van der Waals surface area contributed by atoms with Gasteiger partial charge in [-0.15, -0.1) is 0 Å². The number of thioether (sulfide) groups is 1. The van der Waals surface area contributed by atoms with Gasteiger partial charge < -0.3 is 28.9 Å². The second-order valence-electron chi connectivity index (χ2n) is 8.83. The van der Waals surface area contributed by atoms with Crippen molar-refractivity contribution in [1.29, 1.82) is 0 Å². The smallest absolute Gasteiger partial charge is 0.323 e. The van der Waals surface area contributed by atoms with Crippen LogP contribution < -0.4 is 33.9 Å². The Labute approximate surface area is 226 Å². The third-order valence-corrected chi connectivity index (χ3v) is 7.06. The number of aliphatic imine (C=N–C) groups is 1. The number of unbranched alkanes of at least 4 members (excludes halogenated alkanes) is 4. The van der Waals surface area contributed by atoms with Crippen LogP contribution in [0.4, 0.5) is 5.69 Å². The van der Waals surface area contributed by atoms with E-state index in [-0.39, 0.29) is 24.0 Å². The van der Waals surface area contributed by atoms with Gasteiger partial charge in [-0.05, 0) is 58.8 Å². The maximum absolute atomic E-state index is 4.62. The van der Waals surface area contributed by atoms with Gasteiger partial charge in [-0.3, -0.25) is 0 Å². The molecule has 177 valence electrons. The fourth-order valence-electron chi connectivity index (χ4n) is 4.50. The van der Waals surface area contributed by atoms with Crippen molar-refractivity contribution in [2.24, 2.45) is 0 Å². The second-order valence-corrected chi connectivity index (χ2v) is 9.72. The SMILES string of the molecule is CCCCCCCc1cccc(C2=[N+]C=CS2)c1/C=C/c1ccc(N(C)C)c2ccccc12.[I-]. The van der Waals surface area contributed by atoms with Crippen LogP contribution in [-0.2, 0) is 6.42 Å². The third kappa shape index (κ3) is 6.33. The predicted molar refractivity (Wildman–Crippen MR) is 149 cm³/mol. The van der Waals surface area contributed by atoms with Crippen molar-refractivity contribution < 1.29 is 24.0 Å². The molecule has 2 nitrogen and oxygen atoms in total. The van der Waals surface area contributed by atoms with Gasteiger partial charge in [0.2, 0.25) is 0 Å². The molecular weight excluding hydrogens is 547 g/mol. The van der Waals surface area contributed by atoms with Crippen LogP contribution in [0, 0.1) is 0 Å². The average Bonchev–Trinajstić information content (AvgIpc) is 3.37. The molecule has 0 aromatic heterocycles. The van der Waals surface area contributed by atoms with Crippen LogP contribution in [0.5, 0.6) is 0 Å². The van der Waals surface area contributed by atoms with Gasteiger partial charge in [0.25, 0.3) is 6.20 Å². The number of nitrogens with zero attached hydrogens (tertiary/aromatic N) is 2. The highest BCUT2D eigenvalue weighted by Crippen LogP contribution is 2.31. The molecule has 0 spiro atoms. The molecule has 1 radical (unpaired) electrons. The molecule has 4 heteroatoms. The molecule has 34 heavy (non-hydrogen) atoms. The Hall–Kier alpha value is -2.05. The second kappa shape index (κ2) is 13.1. The zero-order valence-corrected chi connectivity index (χ0v) is 23.4. The Bertz CT molecular complexity index is 1190. The summed E-state index contributed by atoms with van der Waals surface area (Å²) in [6.45, 7) is 2.27. The van der Waals surface area contributed by atoms with E-state index in [0.717, 1.165) is 11.5 Å². The fraction of sp³-hybridized carbons (Fsp3) is 0.300. The summed E-state index contributed by atoms with van der Waals surface area (Å²) < 4.78 is 0. The van der Waals surface area contributed by atoms with Gasteiger partial charge in [-0.1, -0.05) is 87.2 Å². The zero-order valence-electron chi connectivity index (χ0n) is 20.4. The summed E-state index contributed by atoms with van der Waals surface area (Å²) in [4.78, 5) is 6.81. The molecule has 1 aliphatic heterocycles. The molecule has 0 amide bonds. The van der Waals surface area contributed by atoms with Crippen LogP contribution in [0.25, 0.3) is 22.9 Å². The maximum atomic E-state index is 4.62. The number of anilines is 1. The molecule has 0 saturated carbocycles. The average molecular weight is 582 g/mol. The highest BCUT2D eigenvalue weighted by atomic mass is 127. The first-order valence-electron chi connectivity index (χ1n) is 12.1. The summed E-state index contributed by atoms with van der Waals surface area (Å²) in [6, 6.07) is 19.9. The summed E-state index contributed by atoms with van der Waals surface area (Å²) in [7, 11) is 4.21. The Morgan fingerprint density at radius 1 is 0.853 bits per heavy atom. The van der Waals surface area contributed by atoms with Crippen LogP contribution in [0.3, 0.4) is 0 Å². The monoisotopic (exact) mass is 581 g/mol. The van der Waals surface area contributed by atoms with E-state index in [1.807, 2.05) is 6.20 Å². The molecule has 0 saturated heterocycles. The molecule has 0 atom stereocenters. The number of hydrogen-bond acceptors (Lipinski definition) is 3. The molecule has 1 aliphatic rings. The van der Waals surface area contributed by atoms with Crippen molar-refractivity contribution in [1.82, 2.24) is 4.99 Å². The van der Waals surface area contributed by atoms with E-state index >= 15 is 0 Å². The third-order valence-electron chi connectivity index (χ3n) is 6.25. The first-order valence-corrected chi connectivity index (χ1v) is 13.0. The summed E-state index contributed by atoms with van der Waals surface area (Å²) in [5, 5.41) is 5.73. The van der Waals surface area contributed by atoms with Gasteiger partial charge in [-0.25, -0.2) is 0 Å². The summed E-state index contributed by atoms with van der Waals surface area (Å²) >= 11 is 1.71. The van der Waals surface area contributed by atoms with E-state index in [4.69, 9.17) is 0 Å². The molecule has 4 rings (SSSR count). The normalized spacial score (nSPS) is 12.9. The Morgan fingerprint density at radius 2 is 1.65 bits per heavy atom. The van der Waals surface area contributed by atoms with Crippen molar-refractivity contribution in [3.8, 4) is 0 Å². The van der Waals surface area contributed by atoms with E-state index in [0.29, 0.717) is 0 Å². The topological polar surface area (TPSA) is 17.3 Å². The van der Waals surface area contributed by atoms with Crippen molar-refractivity contribution >= 4 is 45.4 Å². The first kappa shape index (κ1) is 26.6. The lowest BCUT2D eigenvalue weighted by atomic mass is 9.95. The van der Waals surface area contributed by atoms with E-state index in [1.165, 1.54) is 70.8 Å². The van der Waals surface area contributed by atoms with E-state index in [9.17, 15) is 0 Å². The van der Waals surface area contributed by atoms with E-state index < -0.39 is 0 Å². The van der Waals surface area contributed by atoms with Gasteiger partial charge >= 0.3 is 5.04 Å². The molecular formula is C30H34IN2S. The highest BCUT2D eigenvalue weighted by Gasteiger charge is 2.22. The molecule has 3 aromatic rings. The Morgan fingerprint density at radius 3 is 2.38 bits per heavy atom. The minimum Gasteiger partial charge on any atom is -1.00 e. The molecule has 1 heterocycles.